The van der Waals surface area contributed by atoms with Gasteiger partial charge in [-0.1, -0.05) is 18.2 Å². The number of amides is 2. The first-order valence-corrected chi connectivity index (χ1v) is 8.60. The van der Waals surface area contributed by atoms with Crippen molar-refractivity contribution in [3.8, 4) is 11.1 Å². The maximum Gasteiger partial charge on any atom is 0.322 e. The van der Waals surface area contributed by atoms with Gasteiger partial charge in [0.2, 0.25) is 0 Å². The quantitative estimate of drug-likeness (QED) is 0.675. The Labute approximate surface area is 151 Å². The summed E-state index contributed by atoms with van der Waals surface area (Å²) < 4.78 is 0. The minimum absolute atomic E-state index is 0.0504. The molecule has 3 aromatic rings. The second-order valence-electron chi connectivity index (χ2n) is 6.31. The lowest BCUT2D eigenvalue weighted by Gasteiger charge is -2.25. The summed E-state index contributed by atoms with van der Waals surface area (Å²) in [5.74, 6) is 0.458. The molecular formula is C19H20N6O. The van der Waals surface area contributed by atoms with Crippen molar-refractivity contribution >= 4 is 17.5 Å². The molecule has 1 aromatic carbocycles. The lowest BCUT2D eigenvalue weighted by Crippen LogP contribution is -2.34. The van der Waals surface area contributed by atoms with Crippen LogP contribution in [0.2, 0.25) is 0 Å². The molecule has 7 heteroatoms. The molecular weight excluding hydrogens is 328 g/mol. The number of nitrogens with zero attached hydrogens (tertiary/aromatic N) is 3. The van der Waals surface area contributed by atoms with Gasteiger partial charge in [0.1, 0.15) is 5.82 Å². The standard InChI is InChI=1S/C19H20N6O/c20-17-11-13(8-9-21-17)15-12-22-24-18(15)16-7-4-10-25(16)19(26)23-14-5-2-1-3-6-14/h1-3,5-6,8-9,11-12,16H,4,7,10H2,(H2,20,21)(H,22,24)(H,23,26)/t16-/m0/s1. The lowest BCUT2D eigenvalue weighted by molar-refractivity contribution is 0.206. The third kappa shape index (κ3) is 3.11. The largest absolute Gasteiger partial charge is 0.384 e. The number of aromatic nitrogens is 3. The number of rotatable bonds is 3. The number of urea groups is 1. The summed E-state index contributed by atoms with van der Waals surface area (Å²) in [7, 11) is 0. The number of nitrogens with two attached hydrogens (primary N) is 1. The van der Waals surface area contributed by atoms with Crippen LogP contribution in [0.25, 0.3) is 11.1 Å². The number of pyridine rings is 1. The van der Waals surface area contributed by atoms with Gasteiger partial charge < -0.3 is 16.0 Å². The van der Waals surface area contributed by atoms with Gasteiger partial charge >= 0.3 is 6.03 Å². The zero-order valence-electron chi connectivity index (χ0n) is 14.2. The third-order valence-electron chi connectivity index (χ3n) is 4.63. The Hall–Kier alpha value is -3.35. The SMILES string of the molecule is Nc1cc(-c2cn[nH]c2[C@@H]2CCCN2C(=O)Nc2ccccc2)ccn1. The minimum Gasteiger partial charge on any atom is -0.384 e. The Morgan fingerprint density at radius 3 is 2.92 bits per heavy atom. The van der Waals surface area contributed by atoms with E-state index in [0.717, 1.165) is 35.3 Å². The molecule has 0 bridgehead atoms. The van der Waals surface area contributed by atoms with Gasteiger partial charge in [0, 0.05) is 24.0 Å². The molecule has 0 unspecified atom stereocenters. The fraction of sp³-hybridized carbons (Fsp3) is 0.211. The Morgan fingerprint density at radius 1 is 1.27 bits per heavy atom. The van der Waals surface area contributed by atoms with E-state index in [4.69, 9.17) is 5.73 Å². The number of likely N-dealkylation sites (tertiary alicyclic amines) is 1. The number of H-pyrrole nitrogens is 1. The molecule has 1 aliphatic heterocycles. The van der Waals surface area contributed by atoms with Crippen molar-refractivity contribution in [2.45, 2.75) is 18.9 Å². The average Bonchev–Trinajstić information content (AvgIpc) is 3.31. The molecule has 0 radical (unpaired) electrons. The number of carbonyl (C=O) groups is 1. The highest BCUT2D eigenvalue weighted by atomic mass is 16.2. The number of aromatic amines is 1. The Kier molecular flexibility index (Phi) is 4.27. The van der Waals surface area contributed by atoms with Crippen molar-refractivity contribution < 1.29 is 4.79 Å². The highest BCUT2D eigenvalue weighted by molar-refractivity contribution is 5.90. The summed E-state index contributed by atoms with van der Waals surface area (Å²) in [6.45, 7) is 0.709. The van der Waals surface area contributed by atoms with Crippen molar-refractivity contribution in [3.05, 3.63) is 60.6 Å². The summed E-state index contributed by atoms with van der Waals surface area (Å²) in [4.78, 5) is 18.7. The van der Waals surface area contributed by atoms with Gasteiger partial charge in [-0.05, 0) is 42.7 Å². The third-order valence-corrected chi connectivity index (χ3v) is 4.63. The Bertz CT molecular complexity index is 907. The number of hydrogen-bond acceptors (Lipinski definition) is 4. The van der Waals surface area contributed by atoms with Crippen LogP contribution in [0.3, 0.4) is 0 Å². The first-order valence-electron chi connectivity index (χ1n) is 8.60. The van der Waals surface area contributed by atoms with Gasteiger partial charge in [0.15, 0.2) is 0 Å². The Morgan fingerprint density at radius 2 is 2.12 bits per heavy atom. The minimum atomic E-state index is -0.103. The molecule has 0 spiro atoms. The monoisotopic (exact) mass is 348 g/mol. The second kappa shape index (κ2) is 6.87. The molecule has 4 N–H and O–H groups in total. The highest BCUT2D eigenvalue weighted by Gasteiger charge is 2.33. The summed E-state index contributed by atoms with van der Waals surface area (Å²) >= 11 is 0. The average molecular weight is 348 g/mol. The van der Waals surface area contributed by atoms with Gasteiger partial charge in [0.25, 0.3) is 0 Å². The van der Waals surface area contributed by atoms with E-state index in [0.29, 0.717) is 12.4 Å². The fourth-order valence-electron chi connectivity index (χ4n) is 3.42. The predicted molar refractivity (Wildman–Crippen MR) is 100 cm³/mol. The number of hydrogen-bond donors (Lipinski definition) is 3. The van der Waals surface area contributed by atoms with E-state index < -0.39 is 0 Å². The van der Waals surface area contributed by atoms with E-state index in [9.17, 15) is 4.79 Å². The van der Waals surface area contributed by atoms with E-state index in [2.05, 4.69) is 20.5 Å². The molecule has 0 aliphatic carbocycles. The molecule has 2 aromatic heterocycles. The van der Waals surface area contributed by atoms with Crippen LogP contribution in [0.5, 0.6) is 0 Å². The number of benzene rings is 1. The topological polar surface area (TPSA) is 99.9 Å². The van der Waals surface area contributed by atoms with Crippen LogP contribution in [0.1, 0.15) is 24.6 Å². The van der Waals surface area contributed by atoms with Gasteiger partial charge in [-0.15, -0.1) is 0 Å². The van der Waals surface area contributed by atoms with Crippen LogP contribution >= 0.6 is 0 Å². The predicted octanol–water partition coefficient (Wildman–Crippen LogP) is 3.42. The Balaban J connectivity index is 1.60. The highest BCUT2D eigenvalue weighted by Crippen LogP contribution is 2.36. The number of nitrogen functional groups attached to an aromatic ring is 1. The molecule has 7 nitrogen and oxygen atoms in total. The van der Waals surface area contributed by atoms with Crippen molar-refractivity contribution in [2.75, 3.05) is 17.6 Å². The van der Waals surface area contributed by atoms with Gasteiger partial charge in [-0.25, -0.2) is 9.78 Å². The van der Waals surface area contributed by atoms with Crippen LogP contribution in [0.15, 0.2) is 54.9 Å². The van der Waals surface area contributed by atoms with Gasteiger partial charge in [-0.3, -0.25) is 5.10 Å². The number of anilines is 2. The molecule has 2 amide bonds. The van der Waals surface area contributed by atoms with Crippen LogP contribution in [0.4, 0.5) is 16.3 Å². The van der Waals surface area contributed by atoms with E-state index in [1.54, 1.807) is 12.4 Å². The summed E-state index contributed by atoms with van der Waals surface area (Å²) in [6, 6.07) is 13.0. The second-order valence-corrected chi connectivity index (χ2v) is 6.31. The number of para-hydroxylation sites is 1. The molecule has 1 atom stereocenters. The molecule has 132 valence electrons. The molecule has 1 aliphatic rings. The van der Waals surface area contributed by atoms with Crippen LogP contribution < -0.4 is 11.1 Å². The molecule has 1 saturated heterocycles. The normalized spacial score (nSPS) is 16.6. The maximum atomic E-state index is 12.8. The van der Waals surface area contributed by atoms with Crippen LogP contribution in [0, 0.1) is 0 Å². The first kappa shape index (κ1) is 16.1. The van der Waals surface area contributed by atoms with Gasteiger partial charge in [0.05, 0.1) is 17.9 Å². The van der Waals surface area contributed by atoms with Crippen molar-refractivity contribution in [1.29, 1.82) is 0 Å². The van der Waals surface area contributed by atoms with E-state index >= 15 is 0 Å². The zero-order valence-corrected chi connectivity index (χ0v) is 14.2. The summed E-state index contributed by atoms with van der Waals surface area (Å²) in [5, 5.41) is 10.3. The van der Waals surface area contributed by atoms with Crippen LogP contribution in [-0.4, -0.2) is 32.7 Å². The molecule has 3 heterocycles. The smallest absolute Gasteiger partial charge is 0.322 e. The van der Waals surface area contributed by atoms with E-state index in [1.807, 2.05) is 47.4 Å². The zero-order chi connectivity index (χ0) is 17.9. The van der Waals surface area contributed by atoms with E-state index in [1.165, 1.54) is 0 Å². The summed E-state index contributed by atoms with van der Waals surface area (Å²) in [5.41, 5.74) is 9.42. The first-order chi connectivity index (χ1) is 12.7. The van der Waals surface area contributed by atoms with Crippen molar-refractivity contribution in [1.82, 2.24) is 20.1 Å². The van der Waals surface area contributed by atoms with Crippen molar-refractivity contribution in [2.24, 2.45) is 0 Å². The molecule has 1 fully saturated rings. The lowest BCUT2D eigenvalue weighted by atomic mass is 10.0. The molecule has 0 saturated carbocycles. The van der Waals surface area contributed by atoms with Gasteiger partial charge in [-0.2, -0.15) is 5.10 Å². The molecule has 4 rings (SSSR count). The summed E-state index contributed by atoms with van der Waals surface area (Å²) in [6.07, 6.45) is 5.29. The van der Waals surface area contributed by atoms with Crippen molar-refractivity contribution in [3.63, 3.8) is 0 Å². The van der Waals surface area contributed by atoms with Crippen LogP contribution in [-0.2, 0) is 0 Å². The molecule has 26 heavy (non-hydrogen) atoms. The number of nitrogens with one attached hydrogen (secondary N) is 2. The van der Waals surface area contributed by atoms with E-state index in [-0.39, 0.29) is 12.1 Å². The number of carbonyl (C=O) groups excluding carboxylic acids is 1. The maximum absolute atomic E-state index is 12.8. The fourth-order valence-corrected chi connectivity index (χ4v) is 3.42.